The average molecular weight is 434 g/mol. The molecule has 1 fully saturated rings. The van der Waals surface area contributed by atoms with Crippen LogP contribution in [0, 0.1) is 10.1 Å². The van der Waals surface area contributed by atoms with Gasteiger partial charge in [-0.05, 0) is 49.1 Å². The second-order valence-corrected chi connectivity index (χ2v) is 8.47. The Labute approximate surface area is 173 Å². The molecule has 0 bridgehead atoms. The number of nitrogens with zero attached hydrogens (tertiary/aromatic N) is 1. The summed E-state index contributed by atoms with van der Waals surface area (Å²) in [5.41, 5.74) is 1.05. The van der Waals surface area contributed by atoms with Crippen LogP contribution in [0.15, 0.2) is 41.3 Å². The van der Waals surface area contributed by atoms with Crippen molar-refractivity contribution < 1.29 is 22.9 Å². The molecule has 0 atom stereocenters. The zero-order valence-electron chi connectivity index (χ0n) is 16.3. The van der Waals surface area contributed by atoms with Crippen LogP contribution < -0.4 is 20.5 Å². The molecule has 0 heterocycles. The van der Waals surface area contributed by atoms with E-state index in [-0.39, 0.29) is 34.5 Å². The van der Waals surface area contributed by atoms with E-state index < -0.39 is 20.9 Å². The number of benzene rings is 2. The molecule has 4 N–H and O–H groups in total. The number of hydrogen-bond acceptors (Lipinski definition) is 7. The first-order valence-corrected chi connectivity index (χ1v) is 10.8. The minimum Gasteiger partial charge on any atom is -0.495 e. The number of amides is 1. The van der Waals surface area contributed by atoms with E-state index in [9.17, 15) is 23.3 Å². The highest BCUT2D eigenvalue weighted by molar-refractivity contribution is 7.89. The Morgan fingerprint density at radius 2 is 2.00 bits per heavy atom. The Morgan fingerprint density at radius 3 is 2.60 bits per heavy atom. The summed E-state index contributed by atoms with van der Waals surface area (Å²) in [6, 6.07) is 9.10. The lowest BCUT2D eigenvalue weighted by Crippen LogP contribution is -2.26. The van der Waals surface area contributed by atoms with Gasteiger partial charge in [-0.1, -0.05) is 6.07 Å². The van der Waals surface area contributed by atoms with Crippen molar-refractivity contribution in [3.05, 3.63) is 57.6 Å². The summed E-state index contributed by atoms with van der Waals surface area (Å²) in [6.45, 7) is 0.199. The van der Waals surface area contributed by atoms with E-state index in [4.69, 9.17) is 9.88 Å². The molecule has 0 radical (unpaired) electrons. The number of carbonyl (C=O) groups is 1. The fourth-order valence-corrected chi connectivity index (χ4v) is 3.66. The van der Waals surface area contributed by atoms with Gasteiger partial charge in [-0.2, -0.15) is 0 Å². The van der Waals surface area contributed by atoms with Gasteiger partial charge in [-0.25, -0.2) is 13.6 Å². The van der Waals surface area contributed by atoms with Crippen molar-refractivity contribution >= 4 is 27.3 Å². The molecule has 2 aromatic carbocycles. The molecule has 0 unspecified atom stereocenters. The highest BCUT2D eigenvalue weighted by Gasteiger charge is 2.25. The summed E-state index contributed by atoms with van der Waals surface area (Å²) in [5, 5.41) is 22.3. The molecule has 3 rings (SSSR count). The van der Waals surface area contributed by atoms with Crippen molar-refractivity contribution in [3.8, 4) is 5.75 Å². The monoisotopic (exact) mass is 434 g/mol. The molecule has 0 spiro atoms. The first-order chi connectivity index (χ1) is 14.2. The molecule has 30 heavy (non-hydrogen) atoms. The Bertz CT molecular complexity index is 1080. The Hall–Kier alpha value is -3.18. The fourth-order valence-electron chi connectivity index (χ4n) is 2.91. The van der Waals surface area contributed by atoms with Gasteiger partial charge in [0.1, 0.15) is 16.3 Å². The predicted molar refractivity (Wildman–Crippen MR) is 110 cm³/mol. The maximum absolute atomic E-state index is 12.4. The van der Waals surface area contributed by atoms with Crippen LogP contribution >= 0.6 is 0 Å². The number of anilines is 1. The topological polar surface area (TPSA) is 154 Å². The van der Waals surface area contributed by atoms with Gasteiger partial charge in [0, 0.05) is 24.2 Å². The third-order valence-corrected chi connectivity index (χ3v) is 5.56. The van der Waals surface area contributed by atoms with Crippen molar-refractivity contribution in [2.24, 2.45) is 5.14 Å². The van der Waals surface area contributed by atoms with Crippen molar-refractivity contribution in [3.63, 3.8) is 0 Å². The predicted octanol–water partition coefficient (Wildman–Crippen LogP) is 1.80. The molecule has 1 saturated carbocycles. The smallest absolute Gasteiger partial charge is 0.293 e. The van der Waals surface area contributed by atoms with E-state index in [2.05, 4.69) is 10.6 Å². The maximum atomic E-state index is 12.4. The van der Waals surface area contributed by atoms with Gasteiger partial charge in [0.05, 0.1) is 12.0 Å². The highest BCUT2D eigenvalue weighted by atomic mass is 32.2. The van der Waals surface area contributed by atoms with Gasteiger partial charge in [-0.3, -0.25) is 14.9 Å². The lowest BCUT2D eigenvalue weighted by Gasteiger charge is -2.10. The normalized spacial score (nSPS) is 13.5. The molecular weight excluding hydrogens is 412 g/mol. The molecule has 0 aliphatic heterocycles. The van der Waals surface area contributed by atoms with Crippen LogP contribution in [0.1, 0.15) is 28.8 Å². The van der Waals surface area contributed by atoms with Crippen molar-refractivity contribution in [2.45, 2.75) is 30.2 Å². The summed E-state index contributed by atoms with van der Waals surface area (Å²) < 4.78 is 28.4. The van der Waals surface area contributed by atoms with E-state index in [0.29, 0.717) is 17.7 Å². The van der Waals surface area contributed by atoms with Gasteiger partial charge in [-0.15, -0.1) is 0 Å². The van der Waals surface area contributed by atoms with Gasteiger partial charge in [0.2, 0.25) is 10.0 Å². The third kappa shape index (κ3) is 5.24. The number of primary sulfonamides is 1. The van der Waals surface area contributed by atoms with Crippen LogP contribution in [0.3, 0.4) is 0 Å². The number of hydrogen-bond donors (Lipinski definition) is 3. The number of nitrogens with two attached hydrogens (primary N) is 1. The van der Waals surface area contributed by atoms with Crippen LogP contribution in [-0.4, -0.2) is 38.9 Å². The van der Waals surface area contributed by atoms with Gasteiger partial charge in [0.25, 0.3) is 11.6 Å². The zero-order valence-corrected chi connectivity index (χ0v) is 17.1. The number of methoxy groups -OCH3 is 1. The molecule has 1 amide bonds. The largest absolute Gasteiger partial charge is 0.495 e. The standard InChI is InChI=1S/C19H22N4O6S/c1-29-17-7-2-12(10-18(17)30(20,27)28)8-9-21-19(24)13-3-6-15(22-14-4-5-14)16(11-13)23(25)26/h2-3,6-7,10-11,14,22H,4-5,8-9H2,1H3,(H,21,24)(H2,20,27,28). The third-order valence-electron chi connectivity index (χ3n) is 4.63. The second kappa shape index (κ2) is 8.67. The number of nitro benzene ring substituents is 1. The molecule has 2 aromatic rings. The lowest BCUT2D eigenvalue weighted by atomic mass is 10.1. The van der Waals surface area contributed by atoms with Gasteiger partial charge in [0.15, 0.2) is 0 Å². The number of rotatable bonds is 9. The minimum atomic E-state index is -3.96. The zero-order chi connectivity index (χ0) is 21.9. The Kier molecular flexibility index (Phi) is 6.22. The SMILES string of the molecule is COc1ccc(CCNC(=O)c2ccc(NC3CC3)c([N+](=O)[O-])c2)cc1S(N)(=O)=O. The summed E-state index contributed by atoms with van der Waals surface area (Å²) in [7, 11) is -2.61. The van der Waals surface area contributed by atoms with Crippen LogP contribution in [-0.2, 0) is 16.4 Å². The minimum absolute atomic E-state index is 0.136. The van der Waals surface area contributed by atoms with Crippen molar-refractivity contribution in [1.82, 2.24) is 5.32 Å². The molecule has 160 valence electrons. The maximum Gasteiger partial charge on any atom is 0.293 e. The summed E-state index contributed by atoms with van der Waals surface area (Å²) in [4.78, 5) is 23.1. The number of carbonyl (C=O) groups excluding carboxylic acids is 1. The molecule has 10 nitrogen and oxygen atoms in total. The van der Waals surface area contributed by atoms with E-state index in [1.165, 1.54) is 37.4 Å². The van der Waals surface area contributed by atoms with E-state index in [0.717, 1.165) is 12.8 Å². The first-order valence-electron chi connectivity index (χ1n) is 9.22. The number of ether oxygens (including phenoxy) is 1. The van der Waals surface area contributed by atoms with Crippen LogP contribution in [0.25, 0.3) is 0 Å². The van der Waals surface area contributed by atoms with E-state index in [1.54, 1.807) is 6.07 Å². The summed E-state index contributed by atoms with van der Waals surface area (Å²) in [6.07, 6.45) is 2.28. The van der Waals surface area contributed by atoms with Crippen molar-refractivity contribution in [2.75, 3.05) is 19.0 Å². The second-order valence-electron chi connectivity index (χ2n) is 6.94. The number of nitro groups is 1. The van der Waals surface area contributed by atoms with Crippen molar-refractivity contribution in [1.29, 1.82) is 0 Å². The molecule has 1 aliphatic carbocycles. The molecular formula is C19H22N4O6S. The van der Waals surface area contributed by atoms with E-state index in [1.807, 2.05) is 0 Å². The summed E-state index contributed by atoms with van der Waals surface area (Å²) >= 11 is 0. The first kappa shape index (κ1) is 21.5. The molecule has 11 heteroatoms. The van der Waals surface area contributed by atoms with Crippen LogP contribution in [0.5, 0.6) is 5.75 Å². The molecule has 0 aromatic heterocycles. The molecule has 0 saturated heterocycles. The van der Waals surface area contributed by atoms with Gasteiger partial charge >= 0.3 is 0 Å². The average Bonchev–Trinajstić information content (AvgIpc) is 3.51. The highest BCUT2D eigenvalue weighted by Crippen LogP contribution is 2.31. The quantitative estimate of drug-likeness (QED) is 0.401. The van der Waals surface area contributed by atoms with Gasteiger partial charge < -0.3 is 15.4 Å². The Balaban J connectivity index is 1.66. The van der Waals surface area contributed by atoms with Crippen LogP contribution in [0.4, 0.5) is 11.4 Å². The Morgan fingerprint density at radius 1 is 1.27 bits per heavy atom. The number of sulfonamides is 1. The van der Waals surface area contributed by atoms with E-state index >= 15 is 0 Å². The van der Waals surface area contributed by atoms with Crippen LogP contribution in [0.2, 0.25) is 0 Å². The summed E-state index contributed by atoms with van der Waals surface area (Å²) in [5.74, 6) is -0.325. The lowest BCUT2D eigenvalue weighted by molar-refractivity contribution is -0.384. The number of nitrogens with one attached hydrogen (secondary N) is 2. The molecule has 1 aliphatic rings. The fraction of sp³-hybridized carbons (Fsp3) is 0.316.